The Kier molecular flexibility index (Phi) is 7.05. The summed E-state index contributed by atoms with van der Waals surface area (Å²) in [6, 6.07) is 4.50. The number of nitrogens with one attached hydrogen (secondary N) is 2. The molecule has 2 N–H and O–H groups in total. The lowest BCUT2D eigenvalue weighted by Gasteiger charge is -2.10. The number of anilines is 1. The van der Waals surface area contributed by atoms with Gasteiger partial charge in [-0.05, 0) is 12.1 Å². The van der Waals surface area contributed by atoms with E-state index in [-0.39, 0.29) is 34.1 Å². The van der Waals surface area contributed by atoms with Gasteiger partial charge in [0.15, 0.2) is 0 Å². The molecule has 0 fully saturated rings. The maximum atomic E-state index is 12.3. The van der Waals surface area contributed by atoms with E-state index in [9.17, 15) is 17.4 Å². The monoisotopic (exact) mass is 433 g/mol. The van der Waals surface area contributed by atoms with Crippen LogP contribution in [-0.2, 0) is 27.2 Å². The summed E-state index contributed by atoms with van der Waals surface area (Å²) >= 11 is 5.85. The van der Waals surface area contributed by atoms with Crippen LogP contribution in [-0.4, -0.2) is 52.7 Å². The molecule has 2 aromatic rings. The number of methoxy groups -OCH3 is 1. The van der Waals surface area contributed by atoms with Crippen LogP contribution in [0.1, 0.15) is 5.82 Å². The molecule has 27 heavy (non-hydrogen) atoms. The Labute approximate surface area is 163 Å². The normalized spacial score (nSPS) is 12.3. The summed E-state index contributed by atoms with van der Waals surface area (Å²) in [5.41, 5.74) is 0. The summed E-state index contributed by atoms with van der Waals surface area (Å²) in [6.07, 6.45) is 1.79. The van der Waals surface area contributed by atoms with Gasteiger partial charge in [0.1, 0.15) is 10.7 Å². The SMILES string of the molecule is COc1nc(CCS(C)=O)nc(NC(=O)NS(=O)(=O)c2ccccc2Cl)n1. The Balaban J connectivity index is 2.16. The van der Waals surface area contributed by atoms with Gasteiger partial charge in [0, 0.05) is 29.2 Å². The lowest BCUT2D eigenvalue weighted by molar-refractivity contribution is 0.256. The zero-order chi connectivity index (χ0) is 20.0. The largest absolute Gasteiger partial charge is 0.467 e. The number of carbonyl (C=O) groups is 1. The third kappa shape index (κ3) is 6.12. The van der Waals surface area contributed by atoms with Crippen molar-refractivity contribution in [3.63, 3.8) is 0 Å². The number of hydrogen-bond donors (Lipinski definition) is 2. The van der Waals surface area contributed by atoms with Crippen LogP contribution in [0.3, 0.4) is 0 Å². The number of sulfonamides is 1. The van der Waals surface area contributed by atoms with Crippen LogP contribution in [0.15, 0.2) is 29.2 Å². The smallest absolute Gasteiger partial charge is 0.335 e. The summed E-state index contributed by atoms with van der Waals surface area (Å²) in [7, 11) is -3.93. The molecule has 2 amide bonds. The molecule has 0 spiro atoms. The number of ether oxygens (including phenoxy) is 1. The number of urea groups is 1. The molecule has 0 aliphatic rings. The van der Waals surface area contributed by atoms with Gasteiger partial charge in [-0.3, -0.25) is 9.53 Å². The molecule has 1 unspecified atom stereocenters. The topological polar surface area (TPSA) is 140 Å². The Morgan fingerprint density at radius 3 is 2.59 bits per heavy atom. The highest BCUT2D eigenvalue weighted by atomic mass is 35.5. The van der Waals surface area contributed by atoms with Crippen molar-refractivity contribution in [3.8, 4) is 6.01 Å². The van der Waals surface area contributed by atoms with Gasteiger partial charge in [0.05, 0.1) is 12.1 Å². The predicted molar refractivity (Wildman–Crippen MR) is 99.8 cm³/mol. The number of aryl methyl sites for hydroxylation is 1. The number of rotatable bonds is 7. The number of nitrogens with zero attached hydrogens (tertiary/aromatic N) is 3. The minimum absolute atomic E-state index is 0.0329. The number of hydrogen-bond acceptors (Lipinski definition) is 8. The number of aromatic nitrogens is 3. The summed E-state index contributed by atoms with van der Waals surface area (Å²) in [5.74, 6) is 0.326. The minimum atomic E-state index is -4.19. The van der Waals surface area contributed by atoms with E-state index >= 15 is 0 Å². The molecule has 0 radical (unpaired) electrons. The van der Waals surface area contributed by atoms with Crippen LogP contribution in [0.4, 0.5) is 10.7 Å². The summed E-state index contributed by atoms with van der Waals surface area (Å²) in [5, 5.41) is 2.17. The molecule has 0 saturated carbocycles. The molecule has 1 atom stereocenters. The van der Waals surface area contributed by atoms with Crippen LogP contribution in [0.5, 0.6) is 6.01 Å². The molecule has 0 aliphatic carbocycles. The first kappa shape index (κ1) is 21.0. The Morgan fingerprint density at radius 2 is 1.96 bits per heavy atom. The number of benzene rings is 1. The molecule has 1 aromatic heterocycles. The fourth-order valence-electron chi connectivity index (χ4n) is 1.86. The average Bonchev–Trinajstić information content (AvgIpc) is 2.59. The molecular weight excluding hydrogens is 418 g/mol. The Hall–Kier alpha value is -2.31. The quantitative estimate of drug-likeness (QED) is 0.657. The second-order valence-corrected chi connectivity index (χ2v) is 8.69. The van der Waals surface area contributed by atoms with E-state index in [1.165, 1.54) is 31.6 Å². The Morgan fingerprint density at radius 1 is 1.26 bits per heavy atom. The number of amides is 2. The molecular formula is C14H16ClN5O5S2. The number of carbonyl (C=O) groups excluding carboxylic acids is 1. The van der Waals surface area contributed by atoms with Crippen molar-refractivity contribution in [1.29, 1.82) is 0 Å². The van der Waals surface area contributed by atoms with Gasteiger partial charge in [0.2, 0.25) is 5.95 Å². The highest BCUT2D eigenvalue weighted by Gasteiger charge is 2.21. The van der Waals surface area contributed by atoms with Crippen LogP contribution < -0.4 is 14.8 Å². The third-order valence-corrected chi connectivity index (χ3v) is 5.65. The van der Waals surface area contributed by atoms with E-state index in [0.717, 1.165) is 0 Å². The van der Waals surface area contributed by atoms with Crippen molar-refractivity contribution >= 4 is 44.4 Å². The zero-order valence-electron chi connectivity index (χ0n) is 14.3. The van der Waals surface area contributed by atoms with Crippen molar-refractivity contribution in [2.45, 2.75) is 11.3 Å². The van der Waals surface area contributed by atoms with Gasteiger partial charge in [-0.2, -0.15) is 15.0 Å². The average molecular weight is 434 g/mol. The molecule has 146 valence electrons. The van der Waals surface area contributed by atoms with E-state index < -0.39 is 26.9 Å². The fourth-order valence-corrected chi connectivity index (χ4v) is 3.76. The third-order valence-electron chi connectivity index (χ3n) is 3.04. The second kappa shape index (κ2) is 9.06. The van der Waals surface area contributed by atoms with Gasteiger partial charge < -0.3 is 4.74 Å². The van der Waals surface area contributed by atoms with E-state index in [0.29, 0.717) is 5.75 Å². The van der Waals surface area contributed by atoms with Crippen molar-refractivity contribution < 1.29 is 22.2 Å². The number of halogens is 1. The Bertz CT molecular complexity index is 970. The minimum Gasteiger partial charge on any atom is -0.467 e. The van der Waals surface area contributed by atoms with E-state index in [2.05, 4.69) is 20.3 Å². The maximum absolute atomic E-state index is 12.3. The predicted octanol–water partition coefficient (Wildman–Crippen LogP) is 0.965. The molecule has 2 rings (SSSR count). The summed E-state index contributed by atoms with van der Waals surface area (Å²) in [6.45, 7) is 0. The van der Waals surface area contributed by atoms with Gasteiger partial charge in [-0.1, -0.05) is 23.7 Å². The van der Waals surface area contributed by atoms with Crippen LogP contribution in [0, 0.1) is 0 Å². The van der Waals surface area contributed by atoms with E-state index in [1.54, 1.807) is 6.07 Å². The first-order valence-corrected chi connectivity index (χ1v) is 11.0. The lowest BCUT2D eigenvalue weighted by atomic mass is 10.4. The van der Waals surface area contributed by atoms with E-state index in [4.69, 9.17) is 16.3 Å². The van der Waals surface area contributed by atoms with Gasteiger partial charge in [-0.15, -0.1) is 0 Å². The first-order valence-electron chi connectivity index (χ1n) is 7.38. The lowest BCUT2D eigenvalue weighted by Crippen LogP contribution is -2.35. The molecule has 10 nitrogen and oxygen atoms in total. The van der Waals surface area contributed by atoms with Crippen molar-refractivity contribution in [3.05, 3.63) is 35.1 Å². The molecule has 0 bridgehead atoms. The molecule has 0 aliphatic heterocycles. The second-order valence-electron chi connectivity index (χ2n) is 5.08. The molecule has 13 heteroatoms. The summed E-state index contributed by atoms with van der Waals surface area (Å²) in [4.78, 5) is 23.6. The van der Waals surface area contributed by atoms with Gasteiger partial charge in [0.25, 0.3) is 10.0 Å². The van der Waals surface area contributed by atoms with Gasteiger partial charge >= 0.3 is 12.0 Å². The van der Waals surface area contributed by atoms with Crippen LogP contribution >= 0.6 is 11.6 Å². The van der Waals surface area contributed by atoms with Gasteiger partial charge in [-0.25, -0.2) is 17.9 Å². The molecule has 1 heterocycles. The zero-order valence-corrected chi connectivity index (χ0v) is 16.7. The fraction of sp³-hybridized carbons (Fsp3) is 0.286. The highest BCUT2D eigenvalue weighted by Crippen LogP contribution is 2.20. The van der Waals surface area contributed by atoms with E-state index in [1.807, 2.05) is 4.72 Å². The van der Waals surface area contributed by atoms with Crippen molar-refractivity contribution in [2.75, 3.05) is 24.4 Å². The van der Waals surface area contributed by atoms with Crippen molar-refractivity contribution in [2.24, 2.45) is 0 Å². The van der Waals surface area contributed by atoms with Crippen molar-refractivity contribution in [1.82, 2.24) is 19.7 Å². The summed E-state index contributed by atoms with van der Waals surface area (Å²) < 4.78 is 42.5. The standard InChI is InChI=1S/C14H16ClN5O5S2/c1-25-14-17-11(7-8-26(2)22)16-12(19-14)18-13(21)20-27(23,24)10-6-4-3-5-9(10)15/h3-6H,7-8H2,1-2H3,(H2,16,17,18,19,20,21). The van der Waals surface area contributed by atoms with Crippen LogP contribution in [0.25, 0.3) is 0 Å². The van der Waals surface area contributed by atoms with Crippen LogP contribution in [0.2, 0.25) is 5.02 Å². The maximum Gasteiger partial charge on any atom is 0.335 e. The highest BCUT2D eigenvalue weighted by molar-refractivity contribution is 7.90. The molecule has 1 aromatic carbocycles. The molecule has 0 saturated heterocycles. The first-order chi connectivity index (χ1) is 12.7.